The van der Waals surface area contributed by atoms with Crippen LogP contribution in [0.25, 0.3) is 0 Å². The number of hydrogen-bond donors (Lipinski definition) is 3. The van der Waals surface area contributed by atoms with Gasteiger partial charge >= 0.3 is 0 Å². The number of nitrogens with zero attached hydrogens (tertiary/aromatic N) is 8. The summed E-state index contributed by atoms with van der Waals surface area (Å²) in [7, 11) is 3.74. The summed E-state index contributed by atoms with van der Waals surface area (Å²) in [4.78, 5) is 39.0. The summed E-state index contributed by atoms with van der Waals surface area (Å²) in [5, 5.41) is 13.5. The molecule has 2 aliphatic rings. The molecular formula is C21H27N11O. The van der Waals surface area contributed by atoms with Gasteiger partial charge in [0.05, 0.1) is 6.20 Å². The summed E-state index contributed by atoms with van der Waals surface area (Å²) in [6, 6.07) is 1.99. The van der Waals surface area contributed by atoms with Gasteiger partial charge in [0.15, 0.2) is 11.6 Å². The predicted octanol–water partition coefficient (Wildman–Crippen LogP) is 2.07. The number of carbonyl (C=O) groups excluding carboxylic acids is 1. The van der Waals surface area contributed by atoms with Gasteiger partial charge in [0, 0.05) is 50.7 Å². The van der Waals surface area contributed by atoms with Crippen molar-refractivity contribution in [3.05, 3.63) is 30.4 Å². The molecule has 3 N–H and O–H groups in total. The Morgan fingerprint density at radius 1 is 1.21 bits per heavy atom. The third kappa shape index (κ3) is 4.28. The highest BCUT2D eigenvalue weighted by molar-refractivity contribution is 5.99. The second-order valence-electron chi connectivity index (χ2n) is 8.84. The minimum atomic E-state index is -0.842. The number of nitrogens with one attached hydrogen (secondary N) is 3. The van der Waals surface area contributed by atoms with Gasteiger partial charge in [-0.3, -0.25) is 14.9 Å². The van der Waals surface area contributed by atoms with Crippen LogP contribution in [0.3, 0.4) is 0 Å². The first-order valence-electron chi connectivity index (χ1n) is 11.0. The maximum atomic E-state index is 13.3. The fraction of sp³-hybridized carbons (Fsp3) is 0.476. The van der Waals surface area contributed by atoms with Gasteiger partial charge in [0.25, 0.3) is 5.91 Å². The van der Waals surface area contributed by atoms with E-state index in [1.54, 1.807) is 12.4 Å². The van der Waals surface area contributed by atoms with E-state index in [2.05, 4.69) is 45.8 Å². The second-order valence-corrected chi connectivity index (χ2v) is 8.84. The Kier molecular flexibility index (Phi) is 5.27. The van der Waals surface area contributed by atoms with Crippen LogP contribution in [-0.2, 0) is 4.79 Å². The van der Waals surface area contributed by atoms with E-state index in [4.69, 9.17) is 0 Å². The van der Waals surface area contributed by atoms with Gasteiger partial charge in [-0.25, -0.2) is 4.98 Å². The van der Waals surface area contributed by atoms with E-state index >= 15 is 0 Å². The lowest BCUT2D eigenvalue weighted by atomic mass is 9.98. The fourth-order valence-corrected chi connectivity index (χ4v) is 3.98. The Morgan fingerprint density at radius 2 is 2.06 bits per heavy atom. The molecule has 3 aromatic heterocycles. The standard InChI is InChI=1S/C21H27N11O/c1-21(17(33)24-16-12-22-8-9-23-16)7-4-10-32(21)20-27-18(26-19(28-20)31(2)3)25-15-11-14(29-30-15)13-5-6-13/h8-9,11-13H,4-7,10H2,1-3H3,(H,23,24,33)(H2,25,26,27,28,29,30). The van der Waals surface area contributed by atoms with Crippen LogP contribution < -0.4 is 20.4 Å². The highest BCUT2D eigenvalue weighted by atomic mass is 16.2. The Labute approximate surface area is 191 Å². The molecule has 1 amide bonds. The summed E-state index contributed by atoms with van der Waals surface area (Å²) in [6.07, 6.45) is 8.50. The molecule has 33 heavy (non-hydrogen) atoms. The number of anilines is 5. The van der Waals surface area contributed by atoms with Crippen molar-refractivity contribution >= 4 is 35.4 Å². The van der Waals surface area contributed by atoms with Crippen LogP contribution in [0, 0.1) is 0 Å². The van der Waals surface area contributed by atoms with Crippen LogP contribution in [0.15, 0.2) is 24.7 Å². The predicted molar refractivity (Wildman–Crippen MR) is 124 cm³/mol. The molecule has 4 heterocycles. The number of H-pyrrole nitrogens is 1. The first kappa shape index (κ1) is 21.0. The molecule has 2 fully saturated rings. The van der Waals surface area contributed by atoms with Gasteiger partial charge in [-0.15, -0.1) is 0 Å². The van der Waals surface area contributed by atoms with Crippen molar-refractivity contribution in [3.63, 3.8) is 0 Å². The van der Waals surface area contributed by atoms with Crippen LogP contribution in [-0.4, -0.2) is 67.2 Å². The van der Waals surface area contributed by atoms with E-state index in [1.807, 2.05) is 36.9 Å². The maximum absolute atomic E-state index is 13.3. The number of rotatable bonds is 7. The molecule has 3 aromatic rings. The van der Waals surface area contributed by atoms with Crippen molar-refractivity contribution in [2.24, 2.45) is 0 Å². The van der Waals surface area contributed by atoms with Crippen LogP contribution >= 0.6 is 0 Å². The Morgan fingerprint density at radius 3 is 2.79 bits per heavy atom. The molecule has 1 atom stereocenters. The summed E-state index contributed by atoms with van der Waals surface area (Å²) in [5.41, 5.74) is 0.276. The van der Waals surface area contributed by atoms with Gasteiger partial charge < -0.3 is 20.4 Å². The molecule has 1 unspecified atom stereocenters. The highest BCUT2D eigenvalue weighted by Crippen LogP contribution is 2.40. The monoisotopic (exact) mass is 449 g/mol. The van der Waals surface area contributed by atoms with E-state index < -0.39 is 5.54 Å². The molecular weight excluding hydrogens is 422 g/mol. The number of aromatic amines is 1. The minimum absolute atomic E-state index is 0.178. The van der Waals surface area contributed by atoms with Gasteiger partial charge in [-0.1, -0.05) is 0 Å². The number of hydrogen-bond acceptors (Lipinski definition) is 10. The average Bonchev–Trinajstić information content (AvgIpc) is 3.42. The van der Waals surface area contributed by atoms with Crippen molar-refractivity contribution in [3.8, 4) is 0 Å². The van der Waals surface area contributed by atoms with Crippen LogP contribution in [0.4, 0.5) is 29.5 Å². The Balaban J connectivity index is 1.43. The minimum Gasteiger partial charge on any atom is -0.347 e. The maximum Gasteiger partial charge on any atom is 0.251 e. The van der Waals surface area contributed by atoms with Gasteiger partial charge in [-0.05, 0) is 32.6 Å². The molecule has 1 saturated heterocycles. The molecule has 5 rings (SSSR count). The van der Waals surface area contributed by atoms with E-state index in [0.29, 0.717) is 48.4 Å². The quantitative estimate of drug-likeness (QED) is 0.491. The SMILES string of the molecule is CN(C)c1nc(Nc2cc(C3CC3)[nH]n2)nc(N2CCCC2(C)C(=O)Nc2cnccn2)n1. The lowest BCUT2D eigenvalue weighted by Gasteiger charge is -2.34. The van der Waals surface area contributed by atoms with Gasteiger partial charge in [0.1, 0.15) is 5.54 Å². The third-order valence-electron chi connectivity index (χ3n) is 6.04. The summed E-state index contributed by atoms with van der Waals surface area (Å²) >= 11 is 0. The van der Waals surface area contributed by atoms with Crippen LogP contribution in [0.1, 0.15) is 44.2 Å². The first-order valence-corrected chi connectivity index (χ1v) is 11.0. The van der Waals surface area contributed by atoms with Crippen molar-refractivity contribution < 1.29 is 4.79 Å². The zero-order valence-electron chi connectivity index (χ0n) is 18.9. The average molecular weight is 450 g/mol. The van der Waals surface area contributed by atoms with E-state index in [0.717, 1.165) is 12.1 Å². The molecule has 0 spiro atoms. The number of amides is 1. The first-order chi connectivity index (χ1) is 15.9. The smallest absolute Gasteiger partial charge is 0.251 e. The normalized spacial score (nSPS) is 20.0. The van der Waals surface area contributed by atoms with E-state index in [-0.39, 0.29) is 5.91 Å². The number of aromatic nitrogens is 7. The Hall–Kier alpha value is -3.83. The Bertz CT molecular complexity index is 1140. The molecule has 1 saturated carbocycles. The molecule has 1 aliphatic carbocycles. The molecule has 0 bridgehead atoms. The number of carbonyl (C=O) groups is 1. The highest BCUT2D eigenvalue weighted by Gasteiger charge is 2.45. The molecule has 172 valence electrons. The fourth-order valence-electron chi connectivity index (χ4n) is 3.98. The van der Waals surface area contributed by atoms with Crippen molar-refractivity contribution in [1.82, 2.24) is 35.1 Å². The van der Waals surface area contributed by atoms with E-state index in [9.17, 15) is 4.79 Å². The lowest BCUT2D eigenvalue weighted by molar-refractivity contribution is -0.120. The van der Waals surface area contributed by atoms with Gasteiger partial charge in [-0.2, -0.15) is 20.1 Å². The largest absolute Gasteiger partial charge is 0.347 e. The van der Waals surface area contributed by atoms with Crippen molar-refractivity contribution in [1.29, 1.82) is 0 Å². The summed E-state index contributed by atoms with van der Waals surface area (Å²) in [6.45, 7) is 2.54. The zero-order valence-corrected chi connectivity index (χ0v) is 18.9. The zero-order chi connectivity index (χ0) is 23.0. The second kappa shape index (κ2) is 8.26. The molecule has 0 aromatic carbocycles. The van der Waals surface area contributed by atoms with Crippen molar-refractivity contribution in [2.75, 3.05) is 41.1 Å². The molecule has 0 radical (unpaired) electrons. The van der Waals surface area contributed by atoms with Crippen LogP contribution in [0.2, 0.25) is 0 Å². The third-order valence-corrected chi connectivity index (χ3v) is 6.04. The summed E-state index contributed by atoms with van der Waals surface area (Å²) in [5.74, 6) is 2.75. The topological polar surface area (TPSA) is 141 Å². The summed E-state index contributed by atoms with van der Waals surface area (Å²) < 4.78 is 0. The molecule has 12 heteroatoms. The van der Waals surface area contributed by atoms with Crippen LogP contribution in [0.5, 0.6) is 0 Å². The van der Waals surface area contributed by atoms with Crippen molar-refractivity contribution in [2.45, 2.75) is 44.1 Å². The molecule has 12 nitrogen and oxygen atoms in total. The lowest BCUT2D eigenvalue weighted by Crippen LogP contribution is -2.52. The van der Waals surface area contributed by atoms with E-state index in [1.165, 1.54) is 19.0 Å². The van der Waals surface area contributed by atoms with Gasteiger partial charge in [0.2, 0.25) is 17.8 Å². The molecule has 1 aliphatic heterocycles.